The Bertz CT molecular complexity index is 2600. The summed E-state index contributed by atoms with van der Waals surface area (Å²) in [6.07, 6.45) is 9.26. The maximum absolute atomic E-state index is 16.4. The van der Waals surface area contributed by atoms with Crippen molar-refractivity contribution in [2.24, 2.45) is 5.41 Å². The molecule has 4 aliphatic carbocycles. The number of amides is 6. The molecule has 15 heteroatoms. The molecule has 4 atom stereocenters. The topological polar surface area (TPSA) is 166 Å². The first kappa shape index (κ1) is 43.6. The van der Waals surface area contributed by atoms with Crippen molar-refractivity contribution in [2.45, 2.75) is 137 Å². The van der Waals surface area contributed by atoms with Crippen molar-refractivity contribution in [1.29, 1.82) is 0 Å². The molecule has 12 nitrogen and oxygen atoms in total. The second kappa shape index (κ2) is 16.5. The van der Waals surface area contributed by atoms with E-state index in [0.717, 1.165) is 30.4 Å². The number of hydrogen-bond donors (Lipinski definition) is 5. The Labute approximate surface area is 386 Å². The Morgan fingerprint density at radius 3 is 2.40 bits per heavy atom. The highest BCUT2D eigenvalue weighted by Crippen LogP contribution is 2.63. The molecule has 11 rings (SSSR count). The number of benzene rings is 3. The number of fused-ring (bicyclic) bond motifs is 7. The van der Waals surface area contributed by atoms with Crippen LogP contribution in [0.5, 0.6) is 0 Å². The van der Waals surface area contributed by atoms with E-state index in [1.165, 1.54) is 11.0 Å². The molecule has 2 spiro atoms. The zero-order chi connectivity index (χ0) is 45.3. The minimum absolute atomic E-state index is 0.0131. The van der Waals surface area contributed by atoms with Crippen LogP contribution in [0.3, 0.4) is 0 Å². The van der Waals surface area contributed by atoms with Crippen LogP contribution in [0.2, 0.25) is 10.0 Å². The zero-order valence-electron chi connectivity index (χ0n) is 36.0. The SMILES string of the molecule is O=C1CCC(N2Cc3c(C#CCCCNC(=O)C45CCC(NC(=O)[C@@H]6NC7(CCCCC7)[C@@]7(C(=O)Nc8cc(Cl)ccc87)[C@H]6c6cccc(Cl)c6F)(CC4)CC5)cccc3C2=O)C(=O)N1. The van der Waals surface area contributed by atoms with Crippen molar-refractivity contribution >= 4 is 64.3 Å². The molecule has 1 unspecified atom stereocenters. The Morgan fingerprint density at radius 2 is 1.65 bits per heavy atom. The third-order valence-electron chi connectivity index (χ3n) is 16.0. The van der Waals surface area contributed by atoms with Crippen molar-refractivity contribution in [1.82, 2.24) is 26.2 Å². The standard InChI is InChI=1S/C50H51Cl2FN6O6/c51-30-14-15-34-36(27-30)55-46(65)50(34)39(32-12-8-13-35(52)40(32)53)41(57-49(50)18-4-2-5-19-49)43(62)58-48-23-20-47(21-24-48,22-25-48)45(64)54-26-6-1-3-9-29-10-7-11-31-33(29)28-59(44(31)63)37-16-17-38(60)56-42(37)61/h7-8,10-15,27,37,39,41,57H,1-2,4-6,16-26,28H2,(H,54,64)(H,55,65)(H,58,62)(H,56,60,61)/t37?,39-,41+,47?,48?,50+/m0/s1. The monoisotopic (exact) mass is 920 g/mol. The number of anilines is 1. The Balaban J connectivity index is 0.796. The second-order valence-corrected chi connectivity index (χ2v) is 20.1. The highest BCUT2D eigenvalue weighted by atomic mass is 35.5. The van der Waals surface area contributed by atoms with Crippen LogP contribution in [0.4, 0.5) is 10.1 Å². The van der Waals surface area contributed by atoms with Gasteiger partial charge in [-0.2, -0.15) is 0 Å². The van der Waals surface area contributed by atoms with Crippen molar-refractivity contribution in [3.05, 3.63) is 98.3 Å². The van der Waals surface area contributed by atoms with Crippen molar-refractivity contribution in [2.75, 3.05) is 11.9 Å². The Morgan fingerprint density at radius 1 is 0.892 bits per heavy atom. The fourth-order valence-corrected chi connectivity index (χ4v) is 13.1. The highest BCUT2D eigenvalue weighted by Gasteiger charge is 2.72. The van der Waals surface area contributed by atoms with Crippen LogP contribution in [-0.2, 0) is 35.9 Å². The van der Waals surface area contributed by atoms with E-state index in [-0.39, 0.29) is 53.1 Å². The summed E-state index contributed by atoms with van der Waals surface area (Å²) < 4.78 is 16.4. The lowest BCUT2D eigenvalue weighted by Gasteiger charge is -2.53. The smallest absolute Gasteiger partial charge is 0.255 e. The number of nitrogens with zero attached hydrogens (tertiary/aromatic N) is 1. The van der Waals surface area contributed by atoms with Gasteiger partial charge in [0.25, 0.3) is 5.91 Å². The number of unbranched alkanes of at least 4 members (excludes halogenated alkanes) is 1. The summed E-state index contributed by atoms with van der Waals surface area (Å²) in [6, 6.07) is 13.8. The Hall–Kier alpha value is -5.29. The third kappa shape index (κ3) is 7.04. The fourth-order valence-electron chi connectivity index (χ4n) is 12.7. The molecule has 5 N–H and O–H groups in total. The number of nitrogens with one attached hydrogen (secondary N) is 5. The van der Waals surface area contributed by atoms with Crippen LogP contribution >= 0.6 is 23.2 Å². The number of hydrogen-bond acceptors (Lipinski definition) is 7. The molecule has 3 aromatic rings. The van der Waals surface area contributed by atoms with E-state index in [9.17, 15) is 24.0 Å². The van der Waals surface area contributed by atoms with E-state index in [2.05, 4.69) is 38.4 Å². The Kier molecular flexibility index (Phi) is 11.1. The number of rotatable bonds is 8. The maximum Gasteiger partial charge on any atom is 0.255 e. The predicted molar refractivity (Wildman–Crippen MR) is 241 cm³/mol. The lowest BCUT2D eigenvalue weighted by molar-refractivity contribution is -0.140. The van der Waals surface area contributed by atoms with E-state index < -0.39 is 51.6 Å². The molecule has 65 heavy (non-hydrogen) atoms. The molecule has 2 bridgehead atoms. The van der Waals surface area contributed by atoms with Gasteiger partial charge in [-0.3, -0.25) is 39.4 Å². The summed E-state index contributed by atoms with van der Waals surface area (Å²) in [5, 5.41) is 16.1. The quantitative estimate of drug-likeness (QED) is 0.0954. The van der Waals surface area contributed by atoms with E-state index in [1.807, 2.05) is 12.1 Å². The average Bonchev–Trinajstić information content (AvgIpc) is 3.90. The van der Waals surface area contributed by atoms with Gasteiger partial charge < -0.3 is 20.9 Å². The van der Waals surface area contributed by atoms with Gasteiger partial charge in [-0.25, -0.2) is 4.39 Å². The summed E-state index contributed by atoms with van der Waals surface area (Å²) in [5.41, 5.74) is 0.252. The molecular formula is C50H51Cl2FN6O6. The van der Waals surface area contributed by atoms with Crippen molar-refractivity contribution in [3.8, 4) is 11.8 Å². The molecule has 338 valence electrons. The number of halogens is 3. The largest absolute Gasteiger partial charge is 0.356 e. The van der Waals surface area contributed by atoms with Gasteiger partial charge in [0.2, 0.25) is 29.5 Å². The first-order chi connectivity index (χ1) is 31.3. The highest BCUT2D eigenvalue weighted by molar-refractivity contribution is 6.31. The number of imide groups is 1. The molecule has 0 radical (unpaired) electrons. The molecule has 6 fully saturated rings. The van der Waals surface area contributed by atoms with Gasteiger partial charge in [-0.15, -0.1) is 0 Å². The van der Waals surface area contributed by atoms with Crippen LogP contribution in [0.15, 0.2) is 54.6 Å². The van der Waals surface area contributed by atoms with E-state index in [4.69, 9.17) is 23.2 Å². The number of carbonyl (C=O) groups excluding carboxylic acids is 6. The van der Waals surface area contributed by atoms with E-state index in [0.29, 0.717) is 99.0 Å². The second-order valence-electron chi connectivity index (χ2n) is 19.3. The maximum atomic E-state index is 16.4. The zero-order valence-corrected chi connectivity index (χ0v) is 37.5. The van der Waals surface area contributed by atoms with Gasteiger partial charge in [-0.1, -0.05) is 78.6 Å². The van der Waals surface area contributed by atoms with Gasteiger partial charge in [0.1, 0.15) is 17.3 Å². The summed E-state index contributed by atoms with van der Waals surface area (Å²) in [4.78, 5) is 82.5. The molecule has 3 aromatic carbocycles. The number of carbonyl (C=O) groups is 6. The van der Waals surface area contributed by atoms with Crippen molar-refractivity contribution in [3.63, 3.8) is 0 Å². The molecule has 0 aromatic heterocycles. The van der Waals surface area contributed by atoms with Crippen LogP contribution in [0.1, 0.15) is 135 Å². The van der Waals surface area contributed by atoms with Crippen LogP contribution in [-0.4, -0.2) is 70.0 Å². The van der Waals surface area contributed by atoms with Crippen LogP contribution in [0, 0.1) is 23.1 Å². The normalized spacial score (nSPS) is 29.5. The molecule has 8 aliphatic rings. The van der Waals surface area contributed by atoms with Crippen LogP contribution < -0.4 is 26.6 Å². The van der Waals surface area contributed by atoms with Gasteiger partial charge in [0.15, 0.2) is 0 Å². The molecule has 4 heterocycles. The number of piperidine rings is 1. The summed E-state index contributed by atoms with van der Waals surface area (Å²) >= 11 is 12.9. The third-order valence-corrected chi connectivity index (χ3v) is 16.5. The molecular weight excluding hydrogens is 870 g/mol. The minimum Gasteiger partial charge on any atom is -0.356 e. The fraction of sp³-hybridized carbons (Fsp3) is 0.480. The lowest BCUT2D eigenvalue weighted by Crippen LogP contribution is -2.62. The summed E-state index contributed by atoms with van der Waals surface area (Å²) in [7, 11) is 0. The van der Waals surface area contributed by atoms with E-state index >= 15 is 9.18 Å². The van der Waals surface area contributed by atoms with Gasteiger partial charge >= 0.3 is 0 Å². The average molecular weight is 922 g/mol. The van der Waals surface area contributed by atoms with Gasteiger partial charge in [0, 0.05) is 70.2 Å². The minimum atomic E-state index is -1.32. The summed E-state index contributed by atoms with van der Waals surface area (Å²) in [6.45, 7) is 0.702. The van der Waals surface area contributed by atoms with Gasteiger partial charge in [0.05, 0.1) is 11.1 Å². The first-order valence-electron chi connectivity index (χ1n) is 23.0. The molecule has 6 amide bonds. The summed E-state index contributed by atoms with van der Waals surface area (Å²) in [5.74, 6) is 3.24. The van der Waals surface area contributed by atoms with Crippen molar-refractivity contribution < 1.29 is 33.2 Å². The first-order valence-corrected chi connectivity index (χ1v) is 23.7. The molecule has 4 saturated carbocycles. The molecule has 4 aliphatic heterocycles. The predicted octanol–water partition coefficient (Wildman–Crippen LogP) is 6.70. The molecule has 2 saturated heterocycles. The van der Waals surface area contributed by atoms with E-state index in [1.54, 1.807) is 36.4 Å². The van der Waals surface area contributed by atoms with Gasteiger partial charge in [-0.05, 0) is 111 Å². The lowest BCUT2D eigenvalue weighted by atomic mass is 9.55. The van der Waals surface area contributed by atoms with Crippen LogP contribution in [0.25, 0.3) is 0 Å².